The van der Waals surface area contributed by atoms with Crippen molar-refractivity contribution in [3.05, 3.63) is 11.4 Å². The monoisotopic (exact) mass is 285 g/mol. The largest absolute Gasteiger partial charge is 0.459 e. The Bertz CT molecular complexity index is 442. The Morgan fingerprint density at radius 2 is 1.58 bits per heavy atom. The molecule has 0 aliphatic rings. The van der Waals surface area contributed by atoms with Crippen LogP contribution in [0.2, 0.25) is 0 Å². The third-order valence-corrected chi connectivity index (χ3v) is 2.46. The van der Waals surface area contributed by atoms with Crippen molar-refractivity contribution in [2.24, 2.45) is 5.41 Å². The van der Waals surface area contributed by atoms with Crippen molar-refractivity contribution < 1.29 is 22.0 Å². The molecule has 0 amide bonds. The van der Waals surface area contributed by atoms with E-state index in [2.05, 4.69) is 10.3 Å². The number of hydrogen-bond donors (Lipinski definition) is 0. The standard InChI is InChI=1S/C11H16F5N3/c1-5-19-8(10(12,13)11(14,15)16)7(17-18-19)6-9(2,3)4/h5-6H2,1-4H3. The second-order valence-electron chi connectivity index (χ2n) is 5.51. The Morgan fingerprint density at radius 1 is 1.05 bits per heavy atom. The van der Waals surface area contributed by atoms with Crippen LogP contribution in [-0.4, -0.2) is 21.2 Å². The first kappa shape index (κ1) is 15.8. The minimum Gasteiger partial charge on any atom is -0.243 e. The van der Waals surface area contributed by atoms with Crippen LogP contribution in [0.1, 0.15) is 39.1 Å². The molecule has 0 saturated heterocycles. The van der Waals surface area contributed by atoms with Crippen LogP contribution in [0.15, 0.2) is 0 Å². The molecule has 1 heterocycles. The molecule has 1 aromatic heterocycles. The molecular weight excluding hydrogens is 269 g/mol. The fraction of sp³-hybridized carbons (Fsp3) is 0.818. The molecule has 0 bridgehead atoms. The molecular formula is C11H16F5N3. The van der Waals surface area contributed by atoms with Gasteiger partial charge in [0.1, 0.15) is 5.69 Å². The van der Waals surface area contributed by atoms with E-state index < -0.39 is 23.2 Å². The molecule has 19 heavy (non-hydrogen) atoms. The summed E-state index contributed by atoms with van der Waals surface area (Å²) >= 11 is 0. The summed E-state index contributed by atoms with van der Waals surface area (Å²) in [5, 5.41) is 6.87. The molecule has 3 nitrogen and oxygen atoms in total. The van der Waals surface area contributed by atoms with E-state index in [0.717, 1.165) is 0 Å². The maximum Gasteiger partial charge on any atom is 0.459 e. The molecule has 0 saturated carbocycles. The number of halogens is 5. The Labute approximate surface area is 107 Å². The molecule has 0 aliphatic heterocycles. The Hall–Kier alpha value is -1.21. The number of rotatable bonds is 3. The van der Waals surface area contributed by atoms with Crippen LogP contribution in [0, 0.1) is 5.41 Å². The molecule has 0 aliphatic carbocycles. The fourth-order valence-corrected chi connectivity index (χ4v) is 1.67. The summed E-state index contributed by atoms with van der Waals surface area (Å²) in [4.78, 5) is 0. The first-order valence-electron chi connectivity index (χ1n) is 5.77. The number of hydrogen-bond acceptors (Lipinski definition) is 2. The maximum absolute atomic E-state index is 13.6. The highest BCUT2D eigenvalue weighted by Crippen LogP contribution is 2.45. The minimum atomic E-state index is -5.66. The summed E-state index contributed by atoms with van der Waals surface area (Å²) in [5.41, 5.74) is -1.93. The third-order valence-electron chi connectivity index (χ3n) is 2.46. The summed E-state index contributed by atoms with van der Waals surface area (Å²) in [7, 11) is 0. The highest BCUT2D eigenvalue weighted by molar-refractivity contribution is 5.19. The molecule has 110 valence electrons. The summed E-state index contributed by atoms with van der Waals surface area (Å²) in [6.07, 6.45) is -5.66. The van der Waals surface area contributed by atoms with E-state index in [1.807, 2.05) is 0 Å². The van der Waals surface area contributed by atoms with Crippen molar-refractivity contribution in [3.8, 4) is 0 Å². The highest BCUT2D eigenvalue weighted by Gasteiger charge is 2.62. The fourth-order valence-electron chi connectivity index (χ4n) is 1.67. The number of aromatic nitrogens is 3. The van der Waals surface area contributed by atoms with Gasteiger partial charge in [0.05, 0.1) is 5.69 Å². The molecule has 1 aromatic rings. The van der Waals surface area contributed by atoms with Crippen LogP contribution in [0.25, 0.3) is 0 Å². The summed E-state index contributed by atoms with van der Waals surface area (Å²) in [5.74, 6) is -4.95. The van der Waals surface area contributed by atoms with E-state index in [4.69, 9.17) is 0 Å². The predicted molar refractivity (Wildman–Crippen MR) is 58.8 cm³/mol. The molecule has 1 rings (SSSR count). The minimum absolute atomic E-state index is 0.00595. The predicted octanol–water partition coefficient (Wildman–Crippen LogP) is 3.54. The topological polar surface area (TPSA) is 30.7 Å². The van der Waals surface area contributed by atoms with Gasteiger partial charge >= 0.3 is 12.1 Å². The van der Waals surface area contributed by atoms with Crippen molar-refractivity contribution in [1.82, 2.24) is 15.0 Å². The van der Waals surface area contributed by atoms with Crippen LogP contribution in [0.3, 0.4) is 0 Å². The lowest BCUT2D eigenvalue weighted by atomic mass is 9.89. The van der Waals surface area contributed by atoms with Gasteiger partial charge in [-0.05, 0) is 18.8 Å². The van der Waals surface area contributed by atoms with Crippen molar-refractivity contribution in [2.45, 2.75) is 52.8 Å². The molecule has 8 heteroatoms. The Balaban J connectivity index is 3.36. The van der Waals surface area contributed by atoms with E-state index in [1.54, 1.807) is 20.8 Å². The van der Waals surface area contributed by atoms with Gasteiger partial charge in [-0.15, -0.1) is 5.10 Å². The molecule has 0 unspecified atom stereocenters. The summed E-state index contributed by atoms with van der Waals surface area (Å²) in [6.45, 7) is 6.53. The third kappa shape index (κ3) is 3.22. The zero-order valence-corrected chi connectivity index (χ0v) is 11.1. The quantitative estimate of drug-likeness (QED) is 0.795. The van der Waals surface area contributed by atoms with E-state index in [-0.39, 0.29) is 18.7 Å². The number of nitrogens with zero attached hydrogens (tertiary/aromatic N) is 3. The van der Waals surface area contributed by atoms with Gasteiger partial charge in [0, 0.05) is 6.54 Å². The average Bonchev–Trinajstić information content (AvgIpc) is 2.56. The van der Waals surface area contributed by atoms with Gasteiger partial charge < -0.3 is 0 Å². The average molecular weight is 285 g/mol. The molecule has 0 aromatic carbocycles. The normalized spacial score (nSPS) is 13.9. The van der Waals surface area contributed by atoms with Crippen LogP contribution in [0.5, 0.6) is 0 Å². The van der Waals surface area contributed by atoms with Gasteiger partial charge in [0.2, 0.25) is 0 Å². The van der Waals surface area contributed by atoms with Crippen molar-refractivity contribution >= 4 is 0 Å². The second-order valence-corrected chi connectivity index (χ2v) is 5.51. The first-order valence-corrected chi connectivity index (χ1v) is 5.77. The SMILES string of the molecule is CCn1nnc(CC(C)(C)C)c1C(F)(F)C(F)(F)F. The van der Waals surface area contributed by atoms with Crippen molar-refractivity contribution in [3.63, 3.8) is 0 Å². The first-order chi connectivity index (χ1) is 8.40. The van der Waals surface area contributed by atoms with Gasteiger partial charge in [-0.2, -0.15) is 22.0 Å². The van der Waals surface area contributed by atoms with Gasteiger partial charge in [0.15, 0.2) is 0 Å². The maximum atomic E-state index is 13.6. The molecule has 0 radical (unpaired) electrons. The summed E-state index contributed by atoms with van der Waals surface area (Å²) in [6, 6.07) is 0. The molecule has 0 fully saturated rings. The van der Waals surface area contributed by atoms with E-state index in [1.165, 1.54) is 6.92 Å². The van der Waals surface area contributed by atoms with E-state index >= 15 is 0 Å². The smallest absolute Gasteiger partial charge is 0.243 e. The zero-order chi connectivity index (χ0) is 15.1. The Kier molecular flexibility index (Phi) is 3.93. The number of alkyl halides is 5. The molecule has 0 atom stereocenters. The second kappa shape index (κ2) is 4.72. The lowest BCUT2D eigenvalue weighted by Gasteiger charge is -2.23. The molecule has 0 N–H and O–H groups in total. The Morgan fingerprint density at radius 3 is 1.95 bits per heavy atom. The van der Waals surface area contributed by atoms with E-state index in [9.17, 15) is 22.0 Å². The van der Waals surface area contributed by atoms with Gasteiger partial charge in [-0.25, -0.2) is 4.68 Å². The van der Waals surface area contributed by atoms with Gasteiger partial charge in [-0.3, -0.25) is 0 Å². The summed E-state index contributed by atoms with van der Waals surface area (Å²) < 4.78 is 65.2. The lowest BCUT2D eigenvalue weighted by molar-refractivity contribution is -0.292. The van der Waals surface area contributed by atoms with Gasteiger partial charge in [0.25, 0.3) is 0 Å². The van der Waals surface area contributed by atoms with Gasteiger partial charge in [-0.1, -0.05) is 26.0 Å². The zero-order valence-electron chi connectivity index (χ0n) is 11.1. The van der Waals surface area contributed by atoms with Crippen LogP contribution < -0.4 is 0 Å². The highest BCUT2D eigenvalue weighted by atomic mass is 19.4. The lowest BCUT2D eigenvalue weighted by Crippen LogP contribution is -2.37. The molecule has 0 spiro atoms. The van der Waals surface area contributed by atoms with Crippen LogP contribution in [-0.2, 0) is 18.9 Å². The van der Waals surface area contributed by atoms with Crippen molar-refractivity contribution in [1.29, 1.82) is 0 Å². The van der Waals surface area contributed by atoms with Crippen molar-refractivity contribution in [2.75, 3.05) is 0 Å². The van der Waals surface area contributed by atoms with E-state index in [0.29, 0.717) is 4.68 Å². The number of aryl methyl sites for hydroxylation is 1. The van der Waals surface area contributed by atoms with Crippen LogP contribution >= 0.6 is 0 Å². The van der Waals surface area contributed by atoms with Crippen LogP contribution in [0.4, 0.5) is 22.0 Å².